The maximum atomic E-state index is 11.9. The van der Waals surface area contributed by atoms with Gasteiger partial charge in [0.1, 0.15) is 6.61 Å². The third kappa shape index (κ3) is 15.5. The van der Waals surface area contributed by atoms with Gasteiger partial charge < -0.3 is 26.7 Å². The zero-order valence-electron chi connectivity index (χ0n) is 16.6. The van der Waals surface area contributed by atoms with E-state index in [0.29, 0.717) is 32.0 Å². The summed E-state index contributed by atoms with van der Waals surface area (Å²) >= 11 is 0. The fraction of sp³-hybridized carbons (Fsp3) is 0.529. The Balaban J connectivity index is -0.000000871. The van der Waals surface area contributed by atoms with Gasteiger partial charge in [0.15, 0.2) is 0 Å². The Kier molecular flexibility index (Phi) is 20.5. The molecule has 0 heterocycles. The van der Waals surface area contributed by atoms with Gasteiger partial charge in [0, 0.05) is 0 Å². The van der Waals surface area contributed by atoms with Gasteiger partial charge in [-0.05, 0) is 49.6 Å². The van der Waals surface area contributed by atoms with E-state index in [1.807, 2.05) is 32.9 Å². The molecule has 8 nitrogen and oxygen atoms in total. The monoisotopic (exact) mass is 398 g/mol. The van der Waals surface area contributed by atoms with Crippen molar-refractivity contribution in [3.05, 3.63) is 41.8 Å². The van der Waals surface area contributed by atoms with Gasteiger partial charge in [-0.2, -0.15) is 0 Å². The van der Waals surface area contributed by atoms with Crippen molar-refractivity contribution >= 4 is 16.6 Å². The number of carbonyl (C=O) groups is 1. The summed E-state index contributed by atoms with van der Waals surface area (Å²) in [6.45, 7) is 7.70. The number of carbonyl (C=O) groups excluding carboxylic acids is 1. The van der Waals surface area contributed by atoms with Gasteiger partial charge in [0.2, 0.25) is 0 Å². The quantitative estimate of drug-likeness (QED) is 0.225. The number of aliphatic hydroxyl groups is 1. The summed E-state index contributed by atoms with van der Waals surface area (Å²) in [7, 11) is -3.11. The van der Waals surface area contributed by atoms with Crippen molar-refractivity contribution in [2.75, 3.05) is 39.6 Å². The minimum Gasteiger partial charge on any atom is -0.460 e. The molecule has 0 atom stereocenters. The van der Waals surface area contributed by atoms with Gasteiger partial charge in [0.05, 0.1) is 38.6 Å². The van der Waals surface area contributed by atoms with Crippen molar-refractivity contribution < 1.29 is 55.6 Å². The molecule has 27 heavy (non-hydrogen) atoms. The zero-order valence-corrected chi connectivity index (χ0v) is 17.4. The molecule has 0 saturated heterocycles. The van der Waals surface area contributed by atoms with E-state index in [-0.39, 0.29) is 45.5 Å². The Morgan fingerprint density at radius 1 is 0.926 bits per heavy atom. The third-order valence-corrected chi connectivity index (χ3v) is 3.23. The molecule has 0 radical (unpaired) electrons. The summed E-state index contributed by atoms with van der Waals surface area (Å²) in [5.74, 6) is -0.332. The Labute approximate surface area is 174 Å². The smallest absolute Gasteiger partial charge is 0.460 e. The van der Waals surface area contributed by atoms with E-state index in [4.69, 9.17) is 31.9 Å². The fourth-order valence-corrected chi connectivity index (χ4v) is 1.82. The number of hydrogen-bond acceptors (Lipinski definition) is 8. The van der Waals surface area contributed by atoms with E-state index in [9.17, 15) is 4.79 Å². The predicted octanol–water partition coefficient (Wildman–Crippen LogP) is -1.76. The van der Waals surface area contributed by atoms with Crippen LogP contribution in [-0.4, -0.2) is 63.3 Å². The topological polar surface area (TPSA) is 116 Å². The number of esters is 1. The summed E-state index contributed by atoms with van der Waals surface area (Å²) in [6, 6.07) is 3.68. The average molecular weight is 398 g/mol. The van der Waals surface area contributed by atoms with Crippen LogP contribution < -0.4 is 18.9 Å². The molecule has 0 saturated carbocycles. The van der Waals surface area contributed by atoms with Crippen LogP contribution in [0, 0.1) is 28.2 Å². The maximum absolute atomic E-state index is 11.9. The number of aryl methyl sites for hydroxylation is 2. The molecular weight excluding hydrogens is 371 g/mol. The van der Waals surface area contributed by atoms with Crippen LogP contribution in [0.25, 0.3) is 0 Å². The number of benzene rings is 1. The van der Waals surface area contributed by atoms with E-state index in [2.05, 4.69) is 0 Å². The first-order valence-electron chi connectivity index (χ1n) is 7.57. The number of ether oxygens (including phenoxy) is 3. The number of aliphatic hydroxyl groups excluding tert-OH is 1. The molecular formula is C17H27LiO8S. The number of rotatable bonds is 9. The van der Waals surface area contributed by atoms with E-state index in [1.54, 1.807) is 0 Å². The zero-order chi connectivity index (χ0) is 19.2. The van der Waals surface area contributed by atoms with Crippen LogP contribution >= 0.6 is 0 Å². The first-order chi connectivity index (χ1) is 11.8. The minimum atomic E-state index is -3.11. The van der Waals surface area contributed by atoms with Crippen molar-refractivity contribution in [1.82, 2.24) is 0 Å². The molecule has 0 aliphatic heterocycles. The molecule has 1 rings (SSSR count). The van der Waals surface area contributed by atoms with Crippen LogP contribution in [0.3, 0.4) is 0 Å². The first kappa shape index (κ1) is 30.5. The minimum absolute atomic E-state index is 0. The standard InChI is InChI=1S/C16H24O5.CH3.Li.O3S/c1-12-10-15(11-13(2)14(12)3)16(18)21-9-8-20-7-6-19-5-4-17;;;1-4(2)3/h10-11,17H,4-9H2,1-3H3;1H3;;/q;-1;+1;. The largest absolute Gasteiger partial charge is 1.00 e. The molecule has 0 spiro atoms. The molecule has 0 amide bonds. The van der Waals surface area contributed by atoms with Crippen LogP contribution in [-0.2, 0) is 24.8 Å². The molecule has 0 aliphatic rings. The predicted molar refractivity (Wildman–Crippen MR) is 95.8 cm³/mol. The molecule has 150 valence electrons. The third-order valence-electron chi connectivity index (χ3n) is 3.23. The van der Waals surface area contributed by atoms with E-state index in [0.717, 1.165) is 11.1 Å². The average Bonchev–Trinajstić information content (AvgIpc) is 2.53. The van der Waals surface area contributed by atoms with Gasteiger partial charge in [-0.15, -0.1) is 12.6 Å². The molecule has 0 unspecified atom stereocenters. The Hall–Kier alpha value is -1.21. The van der Waals surface area contributed by atoms with E-state index in [1.165, 1.54) is 5.56 Å². The molecule has 0 aromatic heterocycles. The fourth-order valence-electron chi connectivity index (χ4n) is 1.82. The van der Waals surface area contributed by atoms with Crippen molar-refractivity contribution in [3.63, 3.8) is 0 Å². The van der Waals surface area contributed by atoms with Gasteiger partial charge in [-0.25, -0.2) is 4.79 Å². The summed E-state index contributed by atoms with van der Waals surface area (Å²) in [5, 5.41) is 8.51. The number of hydrogen-bond donors (Lipinski definition) is 1. The SMILES string of the molecule is Cc1cc(C(=O)OCCOCCOCCO)cc(C)c1C.O=S(=O)=O.[CH3-].[Li+]. The van der Waals surface area contributed by atoms with E-state index < -0.39 is 10.6 Å². The summed E-state index contributed by atoms with van der Waals surface area (Å²) in [6.07, 6.45) is 0. The van der Waals surface area contributed by atoms with Crippen LogP contribution in [0.1, 0.15) is 27.0 Å². The van der Waals surface area contributed by atoms with Gasteiger partial charge in [-0.1, -0.05) is 0 Å². The molecule has 0 aliphatic carbocycles. The second-order valence-corrected chi connectivity index (χ2v) is 5.43. The molecule has 1 aromatic rings. The molecule has 0 fully saturated rings. The summed E-state index contributed by atoms with van der Waals surface area (Å²) in [5.41, 5.74) is 3.93. The molecule has 1 N–H and O–H groups in total. The maximum Gasteiger partial charge on any atom is 1.00 e. The normalized spacial score (nSPS) is 9.19. The van der Waals surface area contributed by atoms with Crippen molar-refractivity contribution in [2.24, 2.45) is 0 Å². The van der Waals surface area contributed by atoms with Gasteiger partial charge in [0.25, 0.3) is 0 Å². The van der Waals surface area contributed by atoms with Gasteiger partial charge >= 0.3 is 35.4 Å². The molecule has 10 heteroatoms. The Bertz CT molecular complexity index is 616. The second kappa shape index (κ2) is 18.2. The summed E-state index contributed by atoms with van der Waals surface area (Å²) < 4.78 is 40.8. The second-order valence-electron chi connectivity index (χ2n) is 5.02. The van der Waals surface area contributed by atoms with Crippen LogP contribution in [0.15, 0.2) is 12.1 Å². The van der Waals surface area contributed by atoms with Gasteiger partial charge in [-0.3, -0.25) is 0 Å². The molecule has 0 bridgehead atoms. The van der Waals surface area contributed by atoms with Crippen LogP contribution in [0.5, 0.6) is 0 Å². The van der Waals surface area contributed by atoms with Crippen LogP contribution in [0.2, 0.25) is 0 Å². The Morgan fingerprint density at radius 3 is 1.78 bits per heavy atom. The van der Waals surface area contributed by atoms with Crippen molar-refractivity contribution in [3.8, 4) is 0 Å². The van der Waals surface area contributed by atoms with Crippen molar-refractivity contribution in [2.45, 2.75) is 20.8 Å². The Morgan fingerprint density at radius 2 is 1.33 bits per heavy atom. The van der Waals surface area contributed by atoms with Crippen molar-refractivity contribution in [1.29, 1.82) is 0 Å². The first-order valence-corrected chi connectivity index (χ1v) is 8.57. The summed E-state index contributed by atoms with van der Waals surface area (Å²) in [4.78, 5) is 11.9. The van der Waals surface area contributed by atoms with E-state index >= 15 is 0 Å². The van der Waals surface area contributed by atoms with Crippen LogP contribution in [0.4, 0.5) is 0 Å². The molecule has 1 aromatic carbocycles.